The molecule has 1 aromatic rings. The van der Waals surface area contributed by atoms with Gasteiger partial charge < -0.3 is 5.32 Å². The highest BCUT2D eigenvalue weighted by Crippen LogP contribution is 2.29. The average Bonchev–Trinajstić information content (AvgIpc) is 2.43. The molecule has 1 fully saturated rings. The van der Waals surface area contributed by atoms with Gasteiger partial charge in [-0.25, -0.2) is 0 Å². The molecular weight excluding hydrogens is 232 g/mol. The summed E-state index contributed by atoms with van der Waals surface area (Å²) in [6.45, 7) is 5.44. The van der Waals surface area contributed by atoms with Crippen molar-refractivity contribution in [2.75, 3.05) is 6.54 Å². The molecule has 0 saturated heterocycles. The number of nitrogens with one attached hydrogen (secondary N) is 1. The van der Waals surface area contributed by atoms with Crippen molar-refractivity contribution in [2.45, 2.75) is 45.1 Å². The van der Waals surface area contributed by atoms with Gasteiger partial charge in [0.15, 0.2) is 0 Å². The minimum atomic E-state index is -0.0345. The fourth-order valence-electron chi connectivity index (χ4n) is 3.16. The Hall–Kier alpha value is -1.33. The normalized spacial score (nSPS) is 28.6. The van der Waals surface area contributed by atoms with Crippen LogP contribution >= 0.6 is 0 Å². The maximum Gasteiger partial charge on any atom is 0.0837 e. The fraction of sp³-hybridized carbons (Fsp3) is 0.588. The number of hydrogen-bond acceptors (Lipinski definition) is 2. The second-order valence-electron chi connectivity index (χ2n) is 6.00. The molecule has 0 spiro atoms. The first kappa shape index (κ1) is 14.1. The molecule has 0 amide bonds. The lowest BCUT2D eigenvalue weighted by Gasteiger charge is -2.33. The highest BCUT2D eigenvalue weighted by Gasteiger charge is 2.25. The Morgan fingerprint density at radius 3 is 2.63 bits per heavy atom. The van der Waals surface area contributed by atoms with Gasteiger partial charge in [-0.05, 0) is 36.7 Å². The summed E-state index contributed by atoms with van der Waals surface area (Å²) in [5.74, 6) is 1.54. The summed E-state index contributed by atoms with van der Waals surface area (Å²) in [5.41, 5.74) is 1.12. The zero-order chi connectivity index (χ0) is 13.7. The van der Waals surface area contributed by atoms with Gasteiger partial charge in [0, 0.05) is 12.6 Å². The molecular formula is C17H24N2. The van der Waals surface area contributed by atoms with Crippen LogP contribution in [-0.2, 0) is 0 Å². The molecule has 1 saturated carbocycles. The van der Waals surface area contributed by atoms with Gasteiger partial charge in [-0.2, -0.15) is 5.26 Å². The van der Waals surface area contributed by atoms with Gasteiger partial charge in [-0.1, -0.05) is 44.2 Å². The lowest BCUT2D eigenvalue weighted by Crippen LogP contribution is -2.40. The molecule has 0 bridgehead atoms. The van der Waals surface area contributed by atoms with Gasteiger partial charge in [-0.15, -0.1) is 0 Å². The number of nitriles is 1. The summed E-state index contributed by atoms with van der Waals surface area (Å²) in [4.78, 5) is 0. The first-order chi connectivity index (χ1) is 9.20. The van der Waals surface area contributed by atoms with Crippen molar-refractivity contribution in [2.24, 2.45) is 11.8 Å². The lowest BCUT2D eigenvalue weighted by molar-refractivity contribution is 0.228. The Bertz CT molecular complexity index is 421. The van der Waals surface area contributed by atoms with E-state index in [1.165, 1.54) is 19.3 Å². The lowest BCUT2D eigenvalue weighted by atomic mass is 9.79. The molecule has 0 heterocycles. The van der Waals surface area contributed by atoms with Crippen molar-refractivity contribution in [1.82, 2.24) is 5.32 Å². The largest absolute Gasteiger partial charge is 0.312 e. The van der Waals surface area contributed by atoms with E-state index in [-0.39, 0.29) is 5.92 Å². The third kappa shape index (κ3) is 3.81. The smallest absolute Gasteiger partial charge is 0.0837 e. The molecule has 1 aliphatic carbocycles. The monoisotopic (exact) mass is 256 g/mol. The summed E-state index contributed by atoms with van der Waals surface area (Å²) < 4.78 is 0. The predicted octanol–water partition coefficient (Wildman–Crippen LogP) is 3.71. The minimum Gasteiger partial charge on any atom is -0.312 e. The standard InChI is InChI=1S/C17H24N2/c1-13-8-9-17(14(2)10-13)19-12-16(11-18)15-6-4-3-5-7-15/h3-7,13-14,16-17,19H,8-10,12H2,1-2H3. The van der Waals surface area contributed by atoms with Crippen LogP contribution in [0.3, 0.4) is 0 Å². The third-order valence-corrected chi connectivity index (χ3v) is 4.37. The number of rotatable bonds is 4. The first-order valence-electron chi connectivity index (χ1n) is 7.38. The van der Waals surface area contributed by atoms with Crippen molar-refractivity contribution >= 4 is 0 Å². The summed E-state index contributed by atoms with van der Waals surface area (Å²) in [7, 11) is 0. The second-order valence-corrected chi connectivity index (χ2v) is 6.00. The number of benzene rings is 1. The van der Waals surface area contributed by atoms with Crippen LogP contribution in [-0.4, -0.2) is 12.6 Å². The van der Waals surface area contributed by atoms with Crippen molar-refractivity contribution in [3.8, 4) is 6.07 Å². The molecule has 4 unspecified atom stereocenters. The van der Waals surface area contributed by atoms with E-state index in [2.05, 4.69) is 25.2 Å². The van der Waals surface area contributed by atoms with E-state index < -0.39 is 0 Å². The first-order valence-corrected chi connectivity index (χ1v) is 7.38. The maximum atomic E-state index is 9.33. The molecule has 102 valence electrons. The van der Waals surface area contributed by atoms with Crippen LogP contribution in [0.15, 0.2) is 30.3 Å². The van der Waals surface area contributed by atoms with Crippen LogP contribution < -0.4 is 5.32 Å². The van der Waals surface area contributed by atoms with Crippen molar-refractivity contribution in [1.29, 1.82) is 5.26 Å². The van der Waals surface area contributed by atoms with Gasteiger partial charge in [0.05, 0.1) is 12.0 Å². The van der Waals surface area contributed by atoms with E-state index in [0.29, 0.717) is 6.04 Å². The third-order valence-electron chi connectivity index (χ3n) is 4.37. The molecule has 19 heavy (non-hydrogen) atoms. The van der Waals surface area contributed by atoms with E-state index in [4.69, 9.17) is 0 Å². The van der Waals surface area contributed by atoms with E-state index in [1.807, 2.05) is 30.3 Å². The number of hydrogen-bond donors (Lipinski definition) is 1. The van der Waals surface area contributed by atoms with Crippen molar-refractivity contribution in [3.63, 3.8) is 0 Å². The molecule has 0 aromatic heterocycles. The molecule has 0 radical (unpaired) electrons. The topological polar surface area (TPSA) is 35.8 Å². The Morgan fingerprint density at radius 2 is 2.00 bits per heavy atom. The predicted molar refractivity (Wildman–Crippen MR) is 78.8 cm³/mol. The van der Waals surface area contributed by atoms with Gasteiger partial charge in [-0.3, -0.25) is 0 Å². The van der Waals surface area contributed by atoms with E-state index in [9.17, 15) is 5.26 Å². The highest BCUT2D eigenvalue weighted by atomic mass is 14.9. The minimum absolute atomic E-state index is 0.0345. The van der Waals surface area contributed by atoms with Crippen LogP contribution in [0.25, 0.3) is 0 Å². The zero-order valence-electron chi connectivity index (χ0n) is 12.0. The molecule has 1 N–H and O–H groups in total. The molecule has 2 rings (SSSR count). The van der Waals surface area contributed by atoms with Crippen LogP contribution in [0.5, 0.6) is 0 Å². The molecule has 4 atom stereocenters. The molecule has 0 aliphatic heterocycles. The number of nitrogens with zero attached hydrogens (tertiary/aromatic N) is 1. The Balaban J connectivity index is 1.89. The second kappa shape index (κ2) is 6.73. The van der Waals surface area contributed by atoms with E-state index in [0.717, 1.165) is 23.9 Å². The van der Waals surface area contributed by atoms with Gasteiger partial charge in [0.1, 0.15) is 0 Å². The van der Waals surface area contributed by atoms with Crippen molar-refractivity contribution in [3.05, 3.63) is 35.9 Å². The summed E-state index contributed by atoms with van der Waals surface area (Å²) in [6.07, 6.45) is 3.86. The molecule has 2 heteroatoms. The van der Waals surface area contributed by atoms with Crippen LogP contribution in [0.1, 0.15) is 44.6 Å². The summed E-state index contributed by atoms with van der Waals surface area (Å²) in [6, 6.07) is 13.1. The van der Waals surface area contributed by atoms with Gasteiger partial charge >= 0.3 is 0 Å². The van der Waals surface area contributed by atoms with E-state index >= 15 is 0 Å². The zero-order valence-corrected chi connectivity index (χ0v) is 12.0. The van der Waals surface area contributed by atoms with Gasteiger partial charge in [0.2, 0.25) is 0 Å². The van der Waals surface area contributed by atoms with Gasteiger partial charge in [0.25, 0.3) is 0 Å². The SMILES string of the molecule is CC1CCC(NCC(C#N)c2ccccc2)C(C)C1. The van der Waals surface area contributed by atoms with E-state index in [1.54, 1.807) is 0 Å². The van der Waals surface area contributed by atoms with Crippen molar-refractivity contribution < 1.29 is 0 Å². The summed E-state index contributed by atoms with van der Waals surface area (Å²) >= 11 is 0. The van der Waals surface area contributed by atoms with Crippen LogP contribution in [0, 0.1) is 23.2 Å². The fourth-order valence-corrected chi connectivity index (χ4v) is 3.16. The Kier molecular flexibility index (Phi) is 4.99. The molecule has 1 aliphatic rings. The van der Waals surface area contributed by atoms with Crippen LogP contribution in [0.2, 0.25) is 0 Å². The summed E-state index contributed by atoms with van der Waals surface area (Å²) in [5, 5.41) is 12.9. The highest BCUT2D eigenvalue weighted by molar-refractivity contribution is 5.25. The maximum absolute atomic E-state index is 9.33. The van der Waals surface area contributed by atoms with Crippen LogP contribution in [0.4, 0.5) is 0 Å². The Morgan fingerprint density at radius 1 is 1.26 bits per heavy atom. The molecule has 2 nitrogen and oxygen atoms in total. The average molecular weight is 256 g/mol. The Labute approximate surface area is 116 Å². The molecule has 1 aromatic carbocycles. The quantitative estimate of drug-likeness (QED) is 0.891.